The van der Waals surface area contributed by atoms with Gasteiger partial charge in [-0.25, -0.2) is 0 Å². The van der Waals surface area contributed by atoms with Crippen molar-refractivity contribution in [3.05, 3.63) is 51.7 Å². The van der Waals surface area contributed by atoms with Crippen molar-refractivity contribution in [3.8, 4) is 0 Å². The first-order valence-corrected chi connectivity index (χ1v) is 7.18. The van der Waals surface area contributed by atoms with E-state index in [1.165, 1.54) is 0 Å². The third-order valence-corrected chi connectivity index (χ3v) is 3.62. The molecule has 0 atom stereocenters. The summed E-state index contributed by atoms with van der Waals surface area (Å²) in [6.45, 7) is 6.40. The monoisotopic (exact) mass is 296 g/mol. The van der Waals surface area contributed by atoms with E-state index in [2.05, 4.69) is 32.9 Å². The zero-order valence-corrected chi connectivity index (χ0v) is 13.0. The van der Waals surface area contributed by atoms with E-state index in [0.717, 1.165) is 29.9 Å². The molecule has 1 aromatic carbocycles. The molecule has 0 spiro atoms. The molecule has 1 aliphatic heterocycles. The SMILES string of the molecule is CC(C)(C)C1=CCCC=C(c2c(Cl)cccc2Cl)O1. The Labute approximate surface area is 124 Å². The van der Waals surface area contributed by atoms with Gasteiger partial charge in [0.25, 0.3) is 0 Å². The fraction of sp³-hybridized carbons (Fsp3) is 0.375. The lowest BCUT2D eigenvalue weighted by molar-refractivity contribution is 0.265. The van der Waals surface area contributed by atoms with E-state index in [9.17, 15) is 0 Å². The van der Waals surface area contributed by atoms with Gasteiger partial charge in [0.2, 0.25) is 0 Å². The first-order valence-electron chi connectivity index (χ1n) is 6.42. The molecule has 3 heteroatoms. The van der Waals surface area contributed by atoms with Gasteiger partial charge in [0.1, 0.15) is 11.5 Å². The van der Waals surface area contributed by atoms with Crippen LogP contribution in [-0.2, 0) is 4.74 Å². The van der Waals surface area contributed by atoms with Gasteiger partial charge >= 0.3 is 0 Å². The van der Waals surface area contributed by atoms with Gasteiger partial charge in [0, 0.05) is 5.41 Å². The van der Waals surface area contributed by atoms with Crippen LogP contribution in [0.1, 0.15) is 39.2 Å². The summed E-state index contributed by atoms with van der Waals surface area (Å²) in [5.41, 5.74) is 0.750. The number of allylic oxidation sites excluding steroid dienone is 3. The second kappa shape index (κ2) is 5.60. The minimum absolute atomic E-state index is 0.0306. The maximum Gasteiger partial charge on any atom is 0.133 e. The van der Waals surface area contributed by atoms with Crippen LogP contribution in [0.3, 0.4) is 0 Å². The Balaban J connectivity index is 2.41. The highest BCUT2D eigenvalue weighted by atomic mass is 35.5. The number of hydrogen-bond acceptors (Lipinski definition) is 1. The molecule has 0 bridgehead atoms. The summed E-state index contributed by atoms with van der Waals surface area (Å²) in [6, 6.07) is 5.50. The average molecular weight is 297 g/mol. The van der Waals surface area contributed by atoms with Gasteiger partial charge in [-0.3, -0.25) is 0 Å². The summed E-state index contributed by atoms with van der Waals surface area (Å²) >= 11 is 12.5. The summed E-state index contributed by atoms with van der Waals surface area (Å²) in [7, 11) is 0. The Hall–Kier alpha value is -0.920. The Morgan fingerprint density at radius 1 is 1.00 bits per heavy atom. The third kappa shape index (κ3) is 3.34. The van der Waals surface area contributed by atoms with E-state index in [1.54, 1.807) is 0 Å². The Bertz CT molecular complexity index is 516. The lowest BCUT2D eigenvalue weighted by Gasteiger charge is -2.24. The molecule has 0 saturated carbocycles. The van der Waals surface area contributed by atoms with Crippen molar-refractivity contribution in [1.82, 2.24) is 0 Å². The zero-order valence-electron chi connectivity index (χ0n) is 11.5. The zero-order chi connectivity index (χ0) is 14.0. The predicted octanol–water partition coefficient (Wildman–Crippen LogP) is 6.07. The lowest BCUT2D eigenvalue weighted by atomic mass is 9.93. The van der Waals surface area contributed by atoms with Gasteiger partial charge in [-0.05, 0) is 37.1 Å². The van der Waals surface area contributed by atoms with Gasteiger partial charge in [-0.1, -0.05) is 50.0 Å². The fourth-order valence-electron chi connectivity index (χ4n) is 1.98. The molecule has 102 valence electrons. The maximum absolute atomic E-state index is 6.25. The minimum atomic E-state index is -0.0306. The highest BCUT2D eigenvalue weighted by Crippen LogP contribution is 2.38. The molecule has 0 unspecified atom stereocenters. The standard InChI is InChI=1S/C16H18Cl2O/c1-16(2,3)14-10-5-4-9-13(19-14)15-11(17)7-6-8-12(15)18/h6-10H,4-5H2,1-3H3. The van der Waals surface area contributed by atoms with E-state index in [-0.39, 0.29) is 5.41 Å². The van der Waals surface area contributed by atoms with Crippen LogP contribution in [0.15, 0.2) is 36.1 Å². The van der Waals surface area contributed by atoms with Crippen LogP contribution < -0.4 is 0 Å². The Morgan fingerprint density at radius 2 is 1.58 bits per heavy atom. The Morgan fingerprint density at radius 3 is 2.16 bits per heavy atom. The van der Waals surface area contributed by atoms with Crippen molar-refractivity contribution in [2.24, 2.45) is 5.41 Å². The fourth-order valence-corrected chi connectivity index (χ4v) is 2.56. The van der Waals surface area contributed by atoms with Crippen LogP contribution in [-0.4, -0.2) is 0 Å². The average Bonchev–Trinajstić information content (AvgIpc) is 2.54. The highest BCUT2D eigenvalue weighted by molar-refractivity contribution is 6.37. The topological polar surface area (TPSA) is 9.23 Å². The molecule has 1 nitrogen and oxygen atoms in total. The summed E-state index contributed by atoms with van der Waals surface area (Å²) in [5, 5.41) is 1.24. The van der Waals surface area contributed by atoms with Gasteiger partial charge < -0.3 is 4.74 Å². The molecule has 0 radical (unpaired) electrons. The highest BCUT2D eigenvalue weighted by Gasteiger charge is 2.23. The normalized spacial score (nSPS) is 16.3. The number of halogens is 2. The largest absolute Gasteiger partial charge is 0.461 e. The number of rotatable bonds is 1. The third-order valence-electron chi connectivity index (χ3n) is 2.99. The molecule has 0 amide bonds. The number of hydrogen-bond donors (Lipinski definition) is 0. The summed E-state index contributed by atoms with van der Waals surface area (Å²) in [6.07, 6.45) is 6.10. The van der Waals surface area contributed by atoms with Crippen molar-refractivity contribution in [3.63, 3.8) is 0 Å². The molecule has 19 heavy (non-hydrogen) atoms. The first-order chi connectivity index (χ1) is 8.89. The molecule has 0 saturated heterocycles. The molecule has 2 rings (SSSR count). The van der Waals surface area contributed by atoms with Crippen molar-refractivity contribution in [2.45, 2.75) is 33.6 Å². The van der Waals surface area contributed by atoms with Gasteiger partial charge in [-0.15, -0.1) is 0 Å². The van der Waals surface area contributed by atoms with Crippen LogP contribution in [0.2, 0.25) is 10.0 Å². The molecule has 1 aliphatic rings. The number of ether oxygens (including phenoxy) is 1. The van der Waals surface area contributed by atoms with E-state index in [1.807, 2.05) is 18.2 Å². The molecule has 0 aromatic heterocycles. The molecular weight excluding hydrogens is 279 g/mol. The van der Waals surface area contributed by atoms with Crippen molar-refractivity contribution in [1.29, 1.82) is 0 Å². The van der Waals surface area contributed by atoms with E-state index in [0.29, 0.717) is 10.0 Å². The summed E-state index contributed by atoms with van der Waals surface area (Å²) < 4.78 is 6.08. The predicted molar refractivity (Wildman–Crippen MR) is 82.3 cm³/mol. The Kier molecular flexibility index (Phi) is 4.27. The van der Waals surface area contributed by atoms with Gasteiger partial charge in [0.15, 0.2) is 0 Å². The molecule has 0 N–H and O–H groups in total. The molecule has 0 fully saturated rings. The van der Waals surface area contributed by atoms with Crippen LogP contribution in [0, 0.1) is 5.41 Å². The first kappa shape index (κ1) is 14.5. The van der Waals surface area contributed by atoms with E-state index < -0.39 is 0 Å². The summed E-state index contributed by atoms with van der Waals surface area (Å²) in [4.78, 5) is 0. The molecule has 1 aromatic rings. The second-order valence-corrected chi connectivity index (χ2v) is 6.48. The number of benzene rings is 1. The molecular formula is C16H18Cl2O. The smallest absolute Gasteiger partial charge is 0.133 e. The summed E-state index contributed by atoms with van der Waals surface area (Å²) in [5.74, 6) is 1.72. The van der Waals surface area contributed by atoms with E-state index >= 15 is 0 Å². The molecule has 0 aliphatic carbocycles. The van der Waals surface area contributed by atoms with Gasteiger partial charge in [0.05, 0.1) is 15.6 Å². The van der Waals surface area contributed by atoms with Crippen LogP contribution in [0.4, 0.5) is 0 Å². The quantitative estimate of drug-likeness (QED) is 0.611. The van der Waals surface area contributed by atoms with Crippen molar-refractivity contribution < 1.29 is 4.74 Å². The van der Waals surface area contributed by atoms with E-state index in [4.69, 9.17) is 27.9 Å². The lowest BCUT2D eigenvalue weighted by Crippen LogP contribution is -2.12. The van der Waals surface area contributed by atoms with Crippen LogP contribution in [0.5, 0.6) is 0 Å². The maximum atomic E-state index is 6.25. The van der Waals surface area contributed by atoms with Gasteiger partial charge in [-0.2, -0.15) is 0 Å². The second-order valence-electron chi connectivity index (χ2n) is 5.66. The van der Waals surface area contributed by atoms with Crippen molar-refractivity contribution >= 4 is 29.0 Å². The van der Waals surface area contributed by atoms with Crippen molar-refractivity contribution in [2.75, 3.05) is 0 Å². The molecule has 1 heterocycles. The van der Waals surface area contributed by atoms with Crippen LogP contribution >= 0.6 is 23.2 Å². The van der Waals surface area contributed by atoms with Crippen LogP contribution in [0.25, 0.3) is 5.76 Å². The minimum Gasteiger partial charge on any atom is -0.461 e.